The number of pyridine rings is 1. The predicted octanol–water partition coefficient (Wildman–Crippen LogP) is 4.22. The fourth-order valence-electron chi connectivity index (χ4n) is 1.91. The SMILES string of the molecule is CC(CN)c1ccc(C#Cc2ccc(C(F)(F)F)nc2)cc1Cl. The zero-order chi connectivity index (χ0) is 17.0. The molecule has 0 amide bonds. The van der Waals surface area contributed by atoms with Crippen molar-refractivity contribution in [3.8, 4) is 11.8 Å². The van der Waals surface area contributed by atoms with Gasteiger partial charge in [0.25, 0.3) is 0 Å². The molecule has 1 heterocycles. The van der Waals surface area contributed by atoms with E-state index in [-0.39, 0.29) is 5.92 Å². The molecule has 0 spiro atoms. The van der Waals surface area contributed by atoms with Gasteiger partial charge >= 0.3 is 6.18 Å². The van der Waals surface area contributed by atoms with E-state index in [1.165, 1.54) is 6.07 Å². The molecule has 120 valence electrons. The Morgan fingerprint density at radius 2 is 1.83 bits per heavy atom. The van der Waals surface area contributed by atoms with Crippen LogP contribution in [0.25, 0.3) is 0 Å². The van der Waals surface area contributed by atoms with Crippen LogP contribution in [0.2, 0.25) is 5.02 Å². The second kappa shape index (κ2) is 7.03. The van der Waals surface area contributed by atoms with Gasteiger partial charge in [0.1, 0.15) is 5.69 Å². The van der Waals surface area contributed by atoms with Gasteiger partial charge in [-0.25, -0.2) is 0 Å². The van der Waals surface area contributed by atoms with Crippen molar-refractivity contribution in [2.45, 2.75) is 19.0 Å². The Kier molecular flexibility index (Phi) is 5.30. The topological polar surface area (TPSA) is 38.9 Å². The summed E-state index contributed by atoms with van der Waals surface area (Å²) < 4.78 is 37.3. The molecule has 0 saturated heterocycles. The molecule has 0 aliphatic carbocycles. The molecular weight excluding hydrogens is 325 g/mol. The first-order valence-corrected chi connectivity index (χ1v) is 7.24. The van der Waals surface area contributed by atoms with E-state index in [0.29, 0.717) is 22.7 Å². The maximum absolute atomic E-state index is 12.4. The highest BCUT2D eigenvalue weighted by molar-refractivity contribution is 6.31. The highest BCUT2D eigenvalue weighted by Gasteiger charge is 2.31. The fraction of sp³-hybridized carbons (Fsp3) is 0.235. The Hall–Kier alpha value is -2.03. The van der Waals surface area contributed by atoms with E-state index >= 15 is 0 Å². The lowest BCUT2D eigenvalue weighted by Crippen LogP contribution is -2.09. The van der Waals surface area contributed by atoms with Gasteiger partial charge in [-0.1, -0.05) is 36.4 Å². The number of benzene rings is 1. The molecule has 2 N–H and O–H groups in total. The lowest BCUT2D eigenvalue weighted by atomic mass is 10.00. The zero-order valence-electron chi connectivity index (χ0n) is 12.3. The molecular formula is C17H14ClF3N2. The average Bonchev–Trinajstić information content (AvgIpc) is 2.52. The Balaban J connectivity index is 2.20. The summed E-state index contributed by atoms with van der Waals surface area (Å²) in [6, 6.07) is 7.57. The molecule has 0 aliphatic rings. The first-order chi connectivity index (χ1) is 10.8. The first kappa shape index (κ1) is 17.3. The van der Waals surface area contributed by atoms with Crippen molar-refractivity contribution >= 4 is 11.6 Å². The van der Waals surface area contributed by atoms with Crippen LogP contribution in [0.15, 0.2) is 36.5 Å². The average molecular weight is 339 g/mol. The third-order valence-corrected chi connectivity index (χ3v) is 3.62. The van der Waals surface area contributed by atoms with E-state index in [0.717, 1.165) is 17.8 Å². The third-order valence-electron chi connectivity index (χ3n) is 3.29. The van der Waals surface area contributed by atoms with Crippen molar-refractivity contribution < 1.29 is 13.2 Å². The predicted molar refractivity (Wildman–Crippen MR) is 84.1 cm³/mol. The van der Waals surface area contributed by atoms with Crippen LogP contribution in [-0.4, -0.2) is 11.5 Å². The smallest absolute Gasteiger partial charge is 0.330 e. The number of nitrogens with two attached hydrogens (primary N) is 1. The van der Waals surface area contributed by atoms with E-state index in [4.69, 9.17) is 17.3 Å². The zero-order valence-corrected chi connectivity index (χ0v) is 13.0. The minimum absolute atomic E-state index is 0.142. The molecule has 1 aromatic heterocycles. The van der Waals surface area contributed by atoms with Gasteiger partial charge in [-0.2, -0.15) is 13.2 Å². The summed E-state index contributed by atoms with van der Waals surface area (Å²) >= 11 is 6.20. The summed E-state index contributed by atoms with van der Waals surface area (Å²) in [4.78, 5) is 3.36. The van der Waals surface area contributed by atoms with Crippen LogP contribution in [0.4, 0.5) is 13.2 Å². The molecule has 0 fully saturated rings. The highest BCUT2D eigenvalue weighted by Crippen LogP contribution is 2.27. The number of hydrogen-bond acceptors (Lipinski definition) is 2. The van der Waals surface area contributed by atoms with Crippen molar-refractivity contribution in [2.24, 2.45) is 5.73 Å². The van der Waals surface area contributed by atoms with Crippen LogP contribution in [0.5, 0.6) is 0 Å². The number of nitrogens with zero attached hydrogens (tertiary/aromatic N) is 1. The maximum Gasteiger partial charge on any atom is 0.433 e. The molecule has 0 saturated carbocycles. The lowest BCUT2D eigenvalue weighted by Gasteiger charge is -2.10. The standard InChI is InChI=1S/C17H14ClF3N2/c1-11(9-22)14-6-4-12(8-15(14)18)2-3-13-5-7-16(23-10-13)17(19,20)21/h4-8,10-11H,9,22H2,1H3. The van der Waals surface area contributed by atoms with Crippen molar-refractivity contribution in [3.63, 3.8) is 0 Å². The van der Waals surface area contributed by atoms with Gasteiger partial charge in [-0.15, -0.1) is 0 Å². The minimum Gasteiger partial charge on any atom is -0.330 e. The molecule has 1 atom stereocenters. The van der Waals surface area contributed by atoms with E-state index < -0.39 is 11.9 Å². The van der Waals surface area contributed by atoms with Gasteiger partial charge in [0, 0.05) is 22.3 Å². The van der Waals surface area contributed by atoms with Crippen LogP contribution in [-0.2, 0) is 6.18 Å². The second-order valence-electron chi connectivity index (χ2n) is 5.05. The van der Waals surface area contributed by atoms with E-state index in [9.17, 15) is 13.2 Å². The van der Waals surface area contributed by atoms with Gasteiger partial charge in [0.05, 0.1) is 0 Å². The number of rotatable bonds is 2. The maximum atomic E-state index is 12.4. The highest BCUT2D eigenvalue weighted by atomic mass is 35.5. The molecule has 0 radical (unpaired) electrons. The van der Waals surface area contributed by atoms with Gasteiger partial charge in [0.15, 0.2) is 0 Å². The molecule has 23 heavy (non-hydrogen) atoms. The Morgan fingerprint density at radius 3 is 2.35 bits per heavy atom. The van der Waals surface area contributed by atoms with Crippen LogP contribution >= 0.6 is 11.6 Å². The third kappa shape index (κ3) is 4.47. The molecule has 2 nitrogen and oxygen atoms in total. The molecule has 2 rings (SSSR count). The quantitative estimate of drug-likeness (QED) is 0.833. The number of halogens is 4. The summed E-state index contributed by atoms with van der Waals surface area (Å²) in [6.07, 6.45) is -3.35. The monoisotopic (exact) mass is 338 g/mol. The summed E-state index contributed by atoms with van der Waals surface area (Å²) in [5.74, 6) is 5.77. The molecule has 0 bridgehead atoms. The van der Waals surface area contributed by atoms with Gasteiger partial charge in [-0.05, 0) is 42.3 Å². The normalized spacial score (nSPS) is 12.4. The molecule has 6 heteroatoms. The molecule has 1 aromatic carbocycles. The Labute approximate surface area is 137 Å². The number of alkyl halides is 3. The summed E-state index contributed by atoms with van der Waals surface area (Å²) in [6.45, 7) is 2.46. The van der Waals surface area contributed by atoms with Gasteiger partial charge < -0.3 is 5.73 Å². The first-order valence-electron chi connectivity index (χ1n) is 6.86. The largest absolute Gasteiger partial charge is 0.433 e. The molecule has 2 aromatic rings. The van der Waals surface area contributed by atoms with Crippen LogP contribution in [0.3, 0.4) is 0 Å². The Morgan fingerprint density at radius 1 is 1.17 bits per heavy atom. The lowest BCUT2D eigenvalue weighted by molar-refractivity contribution is -0.141. The van der Waals surface area contributed by atoms with Crippen molar-refractivity contribution in [2.75, 3.05) is 6.54 Å². The van der Waals surface area contributed by atoms with Crippen molar-refractivity contribution in [1.29, 1.82) is 0 Å². The van der Waals surface area contributed by atoms with Crippen molar-refractivity contribution in [1.82, 2.24) is 4.98 Å². The van der Waals surface area contributed by atoms with Crippen LogP contribution in [0, 0.1) is 11.8 Å². The van der Waals surface area contributed by atoms with E-state index in [1.54, 1.807) is 12.1 Å². The summed E-state index contributed by atoms with van der Waals surface area (Å²) in [5.41, 5.74) is 6.68. The molecule has 1 unspecified atom stereocenters. The van der Waals surface area contributed by atoms with Gasteiger partial charge in [0.2, 0.25) is 0 Å². The summed E-state index contributed by atoms with van der Waals surface area (Å²) in [5, 5.41) is 0.570. The number of hydrogen-bond donors (Lipinski definition) is 1. The molecule has 0 aliphatic heterocycles. The van der Waals surface area contributed by atoms with Crippen LogP contribution < -0.4 is 5.73 Å². The van der Waals surface area contributed by atoms with Gasteiger partial charge in [-0.3, -0.25) is 4.98 Å². The summed E-state index contributed by atoms with van der Waals surface area (Å²) in [7, 11) is 0. The van der Waals surface area contributed by atoms with Crippen LogP contribution in [0.1, 0.15) is 35.2 Å². The number of aromatic nitrogens is 1. The minimum atomic E-state index is -4.45. The second-order valence-corrected chi connectivity index (χ2v) is 5.46. The Bertz CT molecular complexity index is 743. The van der Waals surface area contributed by atoms with E-state index in [2.05, 4.69) is 16.8 Å². The van der Waals surface area contributed by atoms with E-state index in [1.807, 2.05) is 13.0 Å². The van der Waals surface area contributed by atoms with Crippen molar-refractivity contribution in [3.05, 3.63) is 63.9 Å². The fourth-order valence-corrected chi connectivity index (χ4v) is 2.28.